The number of piperidine rings is 1. The van der Waals surface area contributed by atoms with E-state index in [1.807, 2.05) is 11.0 Å². The van der Waals surface area contributed by atoms with Crippen LogP contribution in [0.4, 0.5) is 0 Å². The normalized spacial score (nSPS) is 28.2. The first-order chi connectivity index (χ1) is 13.1. The molecule has 148 valence electrons. The van der Waals surface area contributed by atoms with Crippen molar-refractivity contribution in [2.24, 2.45) is 0 Å². The SMILES string of the molecule is COc1ccc(OC)c(C(=O)N2CCCC3(CCN3CC3CCCO3)C2)c1. The summed E-state index contributed by atoms with van der Waals surface area (Å²) in [6, 6.07) is 5.41. The fourth-order valence-corrected chi connectivity index (χ4v) is 4.80. The van der Waals surface area contributed by atoms with E-state index in [2.05, 4.69) is 4.90 Å². The predicted molar refractivity (Wildman–Crippen MR) is 103 cm³/mol. The predicted octanol–water partition coefficient (Wildman–Crippen LogP) is 2.56. The lowest BCUT2D eigenvalue weighted by atomic mass is 9.77. The number of hydrogen-bond donors (Lipinski definition) is 0. The number of likely N-dealkylation sites (tertiary alicyclic amines) is 2. The smallest absolute Gasteiger partial charge is 0.257 e. The minimum absolute atomic E-state index is 0.0359. The van der Waals surface area contributed by atoms with Gasteiger partial charge in [-0.1, -0.05) is 0 Å². The van der Waals surface area contributed by atoms with E-state index in [0.29, 0.717) is 23.2 Å². The zero-order valence-corrected chi connectivity index (χ0v) is 16.4. The molecule has 4 rings (SSSR count). The average molecular weight is 374 g/mol. The summed E-state index contributed by atoms with van der Waals surface area (Å²) in [5.41, 5.74) is 0.713. The highest BCUT2D eigenvalue weighted by atomic mass is 16.5. The minimum atomic E-state index is 0.0359. The third-order valence-corrected chi connectivity index (χ3v) is 6.45. The van der Waals surface area contributed by atoms with Crippen molar-refractivity contribution < 1.29 is 19.0 Å². The average Bonchev–Trinajstić information content (AvgIpc) is 3.23. The molecule has 3 saturated heterocycles. The summed E-state index contributed by atoms with van der Waals surface area (Å²) in [5.74, 6) is 1.31. The van der Waals surface area contributed by atoms with E-state index in [9.17, 15) is 4.79 Å². The number of rotatable bonds is 5. The number of benzene rings is 1. The van der Waals surface area contributed by atoms with Crippen molar-refractivity contribution >= 4 is 5.91 Å². The lowest BCUT2D eigenvalue weighted by Crippen LogP contribution is -2.68. The highest BCUT2D eigenvalue weighted by Gasteiger charge is 2.48. The molecule has 3 aliphatic rings. The topological polar surface area (TPSA) is 51.2 Å². The van der Waals surface area contributed by atoms with Crippen molar-refractivity contribution in [1.82, 2.24) is 9.80 Å². The molecule has 1 amide bonds. The van der Waals surface area contributed by atoms with Gasteiger partial charge in [-0.15, -0.1) is 0 Å². The monoisotopic (exact) mass is 374 g/mol. The number of ether oxygens (including phenoxy) is 3. The first kappa shape index (κ1) is 18.6. The maximum atomic E-state index is 13.3. The molecule has 3 fully saturated rings. The number of methoxy groups -OCH3 is 2. The minimum Gasteiger partial charge on any atom is -0.497 e. The molecule has 6 heteroatoms. The molecule has 0 aliphatic carbocycles. The van der Waals surface area contributed by atoms with Crippen molar-refractivity contribution in [3.63, 3.8) is 0 Å². The second kappa shape index (κ2) is 7.68. The fourth-order valence-electron chi connectivity index (χ4n) is 4.80. The standard InChI is InChI=1S/C21H30N2O4/c1-25-16-6-7-19(26-2)18(13-16)20(24)22-10-4-8-21(15-22)9-11-23(21)14-17-5-3-12-27-17/h6-7,13,17H,3-5,8-12,14-15H2,1-2H3. The molecule has 6 nitrogen and oxygen atoms in total. The number of nitrogens with zero attached hydrogens (tertiary/aromatic N) is 2. The first-order valence-corrected chi connectivity index (χ1v) is 10.0. The Labute approximate surface area is 161 Å². The van der Waals surface area contributed by atoms with Gasteiger partial charge in [-0.05, 0) is 50.3 Å². The van der Waals surface area contributed by atoms with Crippen LogP contribution >= 0.6 is 0 Å². The fraction of sp³-hybridized carbons (Fsp3) is 0.667. The lowest BCUT2D eigenvalue weighted by Gasteiger charge is -2.57. The number of hydrogen-bond acceptors (Lipinski definition) is 5. The Morgan fingerprint density at radius 2 is 2.11 bits per heavy atom. The van der Waals surface area contributed by atoms with E-state index in [1.54, 1.807) is 26.4 Å². The van der Waals surface area contributed by atoms with Crippen LogP contribution in [0.25, 0.3) is 0 Å². The lowest BCUT2D eigenvalue weighted by molar-refractivity contribution is -0.0807. The van der Waals surface area contributed by atoms with Crippen LogP contribution in [-0.2, 0) is 4.74 Å². The van der Waals surface area contributed by atoms with Gasteiger partial charge in [0.25, 0.3) is 5.91 Å². The van der Waals surface area contributed by atoms with Gasteiger partial charge >= 0.3 is 0 Å². The van der Waals surface area contributed by atoms with Crippen molar-refractivity contribution in [3.05, 3.63) is 23.8 Å². The van der Waals surface area contributed by atoms with E-state index < -0.39 is 0 Å². The molecule has 1 aromatic rings. The van der Waals surface area contributed by atoms with Crippen molar-refractivity contribution in [2.45, 2.75) is 43.7 Å². The molecule has 1 aromatic carbocycles. The van der Waals surface area contributed by atoms with E-state index in [0.717, 1.165) is 45.6 Å². The summed E-state index contributed by atoms with van der Waals surface area (Å²) in [6.45, 7) is 4.61. The second-order valence-electron chi connectivity index (χ2n) is 7.95. The molecule has 0 saturated carbocycles. The van der Waals surface area contributed by atoms with Crippen LogP contribution in [0.15, 0.2) is 18.2 Å². The van der Waals surface area contributed by atoms with Crippen molar-refractivity contribution in [1.29, 1.82) is 0 Å². The van der Waals surface area contributed by atoms with Gasteiger partial charge in [-0.2, -0.15) is 0 Å². The second-order valence-corrected chi connectivity index (χ2v) is 7.95. The molecule has 3 aliphatic heterocycles. The molecule has 0 N–H and O–H groups in total. The third kappa shape index (κ3) is 3.52. The van der Waals surface area contributed by atoms with Gasteiger partial charge in [0.1, 0.15) is 11.5 Å². The summed E-state index contributed by atoms with van der Waals surface area (Å²) in [4.78, 5) is 17.8. The molecule has 3 heterocycles. The van der Waals surface area contributed by atoms with Gasteiger partial charge in [0.05, 0.1) is 25.9 Å². The quantitative estimate of drug-likeness (QED) is 0.793. The highest BCUT2D eigenvalue weighted by molar-refractivity contribution is 5.97. The van der Waals surface area contributed by atoms with Crippen LogP contribution in [0.5, 0.6) is 11.5 Å². The van der Waals surface area contributed by atoms with Crippen LogP contribution in [-0.4, -0.2) is 74.4 Å². The molecule has 27 heavy (non-hydrogen) atoms. The van der Waals surface area contributed by atoms with Crippen LogP contribution in [0.2, 0.25) is 0 Å². The zero-order chi connectivity index (χ0) is 18.9. The summed E-state index contributed by atoms with van der Waals surface area (Å²) in [6.07, 6.45) is 6.08. The van der Waals surface area contributed by atoms with Crippen molar-refractivity contribution in [3.8, 4) is 11.5 Å². The van der Waals surface area contributed by atoms with Gasteiger partial charge in [-0.25, -0.2) is 0 Å². The van der Waals surface area contributed by atoms with E-state index in [4.69, 9.17) is 14.2 Å². The van der Waals surface area contributed by atoms with Gasteiger partial charge < -0.3 is 19.1 Å². The Bertz CT molecular complexity index is 689. The number of carbonyl (C=O) groups is 1. The molecule has 1 spiro atoms. The first-order valence-electron chi connectivity index (χ1n) is 10.0. The summed E-state index contributed by atoms with van der Waals surface area (Å²) in [5, 5.41) is 0. The molecule has 2 unspecified atom stereocenters. The van der Waals surface area contributed by atoms with E-state index in [-0.39, 0.29) is 11.4 Å². The molecule has 0 aromatic heterocycles. The molecule has 0 bridgehead atoms. The maximum absolute atomic E-state index is 13.3. The van der Waals surface area contributed by atoms with E-state index >= 15 is 0 Å². The number of amides is 1. The van der Waals surface area contributed by atoms with Crippen LogP contribution in [0.1, 0.15) is 42.5 Å². The Morgan fingerprint density at radius 1 is 1.22 bits per heavy atom. The Kier molecular flexibility index (Phi) is 5.28. The summed E-state index contributed by atoms with van der Waals surface area (Å²) < 4.78 is 16.6. The molecular formula is C21H30N2O4. The Morgan fingerprint density at radius 3 is 2.78 bits per heavy atom. The van der Waals surface area contributed by atoms with Crippen LogP contribution in [0.3, 0.4) is 0 Å². The summed E-state index contributed by atoms with van der Waals surface area (Å²) in [7, 11) is 3.22. The Balaban J connectivity index is 1.49. The van der Waals surface area contributed by atoms with Gasteiger partial charge in [0.15, 0.2) is 0 Å². The third-order valence-electron chi connectivity index (χ3n) is 6.45. The van der Waals surface area contributed by atoms with Gasteiger partial charge in [0.2, 0.25) is 0 Å². The maximum Gasteiger partial charge on any atom is 0.257 e. The van der Waals surface area contributed by atoms with Crippen LogP contribution in [0, 0.1) is 0 Å². The van der Waals surface area contributed by atoms with Gasteiger partial charge in [0, 0.05) is 38.3 Å². The molecule has 0 radical (unpaired) electrons. The summed E-state index contributed by atoms with van der Waals surface area (Å²) >= 11 is 0. The van der Waals surface area contributed by atoms with E-state index in [1.165, 1.54) is 19.3 Å². The largest absolute Gasteiger partial charge is 0.497 e. The highest BCUT2D eigenvalue weighted by Crippen LogP contribution is 2.40. The number of carbonyl (C=O) groups excluding carboxylic acids is 1. The zero-order valence-electron chi connectivity index (χ0n) is 16.4. The van der Waals surface area contributed by atoms with Crippen molar-refractivity contribution in [2.75, 3.05) is 47.0 Å². The molecular weight excluding hydrogens is 344 g/mol. The molecule has 2 atom stereocenters. The van der Waals surface area contributed by atoms with Crippen LogP contribution < -0.4 is 9.47 Å². The Hall–Kier alpha value is -1.79. The van der Waals surface area contributed by atoms with Gasteiger partial charge in [-0.3, -0.25) is 9.69 Å².